The number of anilines is 1. The lowest BCUT2D eigenvalue weighted by Gasteiger charge is -2.19. The van der Waals surface area contributed by atoms with E-state index in [0.717, 1.165) is 10.1 Å². The molecule has 186 valence electrons. The number of aliphatic hydroxyl groups is 1. The van der Waals surface area contributed by atoms with Crippen molar-refractivity contribution < 1.29 is 5.11 Å². The van der Waals surface area contributed by atoms with E-state index in [9.17, 15) is 20.0 Å². The van der Waals surface area contributed by atoms with Gasteiger partial charge in [-0.1, -0.05) is 12.1 Å². The lowest BCUT2D eigenvalue weighted by atomic mass is 10.0. The van der Waals surface area contributed by atoms with Crippen molar-refractivity contribution >= 4 is 26.2 Å². The first-order valence-corrected chi connectivity index (χ1v) is 11.6. The maximum Gasteiger partial charge on any atom is 0.359 e. The standard InChI is InChI=1S/C25H23N8O3P/c1-14-5-18(12-29-10-14)33-24(35)31-23(30-20-7-17(11-28-2)19(27)8-21(20)34)32(25(33)36)13-15-3-4-22(37)16(6-15)9-26/h3-8,10-12,27-28,34H,13,37H2,1-2H3,(H,30,31,35)/b17-11-,27-19?. The number of benzene rings is 1. The number of nitriles is 1. The van der Waals surface area contributed by atoms with Crippen LogP contribution in [0.15, 0.2) is 81.6 Å². The molecule has 1 aliphatic carbocycles. The van der Waals surface area contributed by atoms with Crippen LogP contribution in [0, 0.1) is 23.7 Å². The van der Waals surface area contributed by atoms with Crippen molar-refractivity contribution in [2.75, 3.05) is 12.4 Å². The zero-order valence-corrected chi connectivity index (χ0v) is 21.1. The van der Waals surface area contributed by atoms with Gasteiger partial charge in [-0.25, -0.2) is 14.2 Å². The predicted molar refractivity (Wildman–Crippen MR) is 144 cm³/mol. The van der Waals surface area contributed by atoms with E-state index in [-0.39, 0.29) is 35.3 Å². The van der Waals surface area contributed by atoms with Gasteiger partial charge in [0.05, 0.1) is 41.5 Å². The van der Waals surface area contributed by atoms with Crippen molar-refractivity contribution in [1.82, 2.24) is 24.4 Å². The van der Waals surface area contributed by atoms with E-state index in [0.29, 0.717) is 22.0 Å². The normalized spacial score (nSPS) is 14.1. The monoisotopic (exact) mass is 514 g/mol. The molecule has 0 saturated heterocycles. The van der Waals surface area contributed by atoms with Gasteiger partial charge >= 0.3 is 11.4 Å². The topological polar surface area (TPSA) is 162 Å². The molecule has 4 N–H and O–H groups in total. The SMILES string of the molecule is CN/C=C1/C=C(Nc2nc(=O)n(-c3cncc(C)c3)c(=O)n2Cc2ccc(P)c(C#N)c2)C(O)=CC1=N. The van der Waals surface area contributed by atoms with E-state index >= 15 is 0 Å². The quantitative estimate of drug-likeness (QED) is 0.359. The Kier molecular flexibility index (Phi) is 7.13. The summed E-state index contributed by atoms with van der Waals surface area (Å²) < 4.78 is 2.14. The fraction of sp³-hybridized carbons (Fsp3) is 0.120. The Hall–Kier alpha value is -4.81. The van der Waals surface area contributed by atoms with Gasteiger partial charge in [0.25, 0.3) is 0 Å². The number of nitrogens with one attached hydrogen (secondary N) is 3. The molecule has 0 saturated carbocycles. The van der Waals surface area contributed by atoms with Crippen molar-refractivity contribution in [3.63, 3.8) is 0 Å². The second kappa shape index (κ2) is 10.4. The molecule has 0 radical (unpaired) electrons. The number of pyridine rings is 1. The van der Waals surface area contributed by atoms with Gasteiger partial charge in [0.1, 0.15) is 5.76 Å². The highest BCUT2D eigenvalue weighted by atomic mass is 31.0. The Bertz CT molecular complexity index is 1670. The molecular weight excluding hydrogens is 491 g/mol. The van der Waals surface area contributed by atoms with Crippen LogP contribution >= 0.6 is 9.24 Å². The molecule has 0 bridgehead atoms. The summed E-state index contributed by atoms with van der Waals surface area (Å²) in [6, 6.07) is 8.90. The van der Waals surface area contributed by atoms with Crippen LogP contribution in [0.5, 0.6) is 0 Å². The fourth-order valence-electron chi connectivity index (χ4n) is 3.70. The van der Waals surface area contributed by atoms with Gasteiger partial charge < -0.3 is 21.1 Å². The predicted octanol–water partition coefficient (Wildman–Crippen LogP) is 1.39. The van der Waals surface area contributed by atoms with Crippen LogP contribution in [0.2, 0.25) is 0 Å². The third kappa shape index (κ3) is 5.24. The Morgan fingerprint density at radius 1 is 1.24 bits per heavy atom. The van der Waals surface area contributed by atoms with Crippen LogP contribution in [0.25, 0.3) is 5.69 Å². The number of rotatable bonds is 6. The van der Waals surface area contributed by atoms with E-state index in [1.54, 1.807) is 50.6 Å². The summed E-state index contributed by atoms with van der Waals surface area (Å²) >= 11 is 0. The highest BCUT2D eigenvalue weighted by Gasteiger charge is 2.20. The summed E-state index contributed by atoms with van der Waals surface area (Å²) in [6.07, 6.45) is 7.30. The summed E-state index contributed by atoms with van der Waals surface area (Å²) in [5.74, 6) is -0.381. The molecule has 1 aromatic carbocycles. The van der Waals surface area contributed by atoms with Gasteiger partial charge in [0.15, 0.2) is 0 Å². The maximum atomic E-state index is 13.7. The van der Waals surface area contributed by atoms with E-state index in [1.807, 2.05) is 0 Å². The van der Waals surface area contributed by atoms with Crippen molar-refractivity contribution in [3.8, 4) is 11.8 Å². The van der Waals surface area contributed by atoms with E-state index in [1.165, 1.54) is 22.9 Å². The molecule has 0 amide bonds. The minimum atomic E-state index is -0.840. The van der Waals surface area contributed by atoms with Gasteiger partial charge in [-0.15, -0.1) is 9.24 Å². The third-order valence-electron chi connectivity index (χ3n) is 5.48. The summed E-state index contributed by atoms with van der Waals surface area (Å²) in [4.78, 5) is 34.9. The molecule has 1 aliphatic rings. The fourth-order valence-corrected chi connectivity index (χ4v) is 3.94. The molecule has 0 aliphatic heterocycles. The first-order chi connectivity index (χ1) is 17.7. The highest BCUT2D eigenvalue weighted by Crippen LogP contribution is 2.20. The summed E-state index contributed by atoms with van der Waals surface area (Å²) in [6.45, 7) is 1.76. The zero-order chi connectivity index (χ0) is 26.7. The van der Waals surface area contributed by atoms with Crippen LogP contribution in [0.1, 0.15) is 16.7 Å². The van der Waals surface area contributed by atoms with Crippen LogP contribution < -0.4 is 27.3 Å². The van der Waals surface area contributed by atoms with E-state index < -0.39 is 11.4 Å². The summed E-state index contributed by atoms with van der Waals surface area (Å²) in [5, 5.41) is 34.3. The second-order valence-electron chi connectivity index (χ2n) is 8.19. The van der Waals surface area contributed by atoms with Gasteiger partial charge in [0, 0.05) is 31.1 Å². The van der Waals surface area contributed by atoms with Crippen molar-refractivity contribution in [1.29, 1.82) is 10.7 Å². The van der Waals surface area contributed by atoms with Crippen LogP contribution in [-0.4, -0.2) is 37.0 Å². The van der Waals surface area contributed by atoms with Gasteiger partial charge in [-0.2, -0.15) is 10.2 Å². The Balaban J connectivity index is 1.89. The molecule has 0 spiro atoms. The average Bonchev–Trinajstić information content (AvgIpc) is 2.85. The minimum Gasteiger partial charge on any atom is -0.506 e. The molecule has 1 atom stereocenters. The molecule has 12 heteroatoms. The number of hydrogen-bond acceptors (Lipinski definition) is 9. The average molecular weight is 514 g/mol. The summed E-state index contributed by atoms with van der Waals surface area (Å²) in [7, 11) is 4.16. The van der Waals surface area contributed by atoms with Gasteiger partial charge in [0.2, 0.25) is 5.95 Å². The second-order valence-corrected chi connectivity index (χ2v) is 8.81. The lowest BCUT2D eigenvalue weighted by molar-refractivity contribution is 0.424. The molecule has 1 unspecified atom stereocenters. The number of hydrogen-bond donors (Lipinski definition) is 4. The lowest BCUT2D eigenvalue weighted by Crippen LogP contribution is -2.42. The largest absolute Gasteiger partial charge is 0.506 e. The molecule has 2 heterocycles. The third-order valence-corrected chi connectivity index (χ3v) is 5.99. The zero-order valence-electron chi connectivity index (χ0n) is 20.0. The van der Waals surface area contributed by atoms with Crippen molar-refractivity contribution in [2.45, 2.75) is 13.5 Å². The molecule has 11 nitrogen and oxygen atoms in total. The minimum absolute atomic E-state index is 0.0277. The first-order valence-electron chi connectivity index (χ1n) is 11.0. The number of allylic oxidation sites excluding steroid dienone is 3. The Morgan fingerprint density at radius 2 is 2.03 bits per heavy atom. The molecule has 4 rings (SSSR count). The van der Waals surface area contributed by atoms with Crippen LogP contribution in [-0.2, 0) is 6.54 Å². The number of aliphatic hydroxyl groups excluding tert-OH is 1. The summed E-state index contributed by atoms with van der Waals surface area (Å²) in [5.41, 5.74) is 1.20. The highest BCUT2D eigenvalue weighted by molar-refractivity contribution is 7.27. The van der Waals surface area contributed by atoms with E-state index in [4.69, 9.17) is 5.41 Å². The van der Waals surface area contributed by atoms with Gasteiger partial charge in [-0.05, 0) is 41.6 Å². The molecule has 37 heavy (non-hydrogen) atoms. The maximum absolute atomic E-state index is 13.7. The van der Waals surface area contributed by atoms with Crippen LogP contribution in [0.3, 0.4) is 0 Å². The number of aryl methyl sites for hydroxylation is 1. The molecule has 3 aromatic rings. The molecule has 2 aromatic heterocycles. The van der Waals surface area contributed by atoms with E-state index in [2.05, 4.69) is 35.9 Å². The van der Waals surface area contributed by atoms with Crippen molar-refractivity contribution in [3.05, 3.63) is 110 Å². The molecule has 0 fully saturated rings. The number of nitrogens with zero attached hydrogens (tertiary/aromatic N) is 5. The smallest absolute Gasteiger partial charge is 0.359 e. The first kappa shape index (κ1) is 25.3. The molecular formula is C25H23N8O3P. The van der Waals surface area contributed by atoms with Gasteiger partial charge in [-0.3, -0.25) is 9.55 Å². The number of aromatic nitrogens is 4. The Morgan fingerprint density at radius 3 is 2.73 bits per heavy atom. The van der Waals surface area contributed by atoms with Crippen LogP contribution in [0.4, 0.5) is 5.95 Å². The Labute approximate surface area is 213 Å². The van der Waals surface area contributed by atoms with Crippen molar-refractivity contribution in [2.24, 2.45) is 0 Å².